The molecule has 1 aliphatic rings. The lowest BCUT2D eigenvalue weighted by atomic mass is 9.95. The second-order valence-corrected chi connectivity index (χ2v) is 14.5. The Morgan fingerprint density at radius 1 is 1.39 bits per heavy atom. The molecule has 5 nitrogen and oxygen atoms in total. The van der Waals surface area contributed by atoms with Crippen molar-refractivity contribution in [2.45, 2.75) is 44.8 Å². The van der Waals surface area contributed by atoms with Crippen molar-refractivity contribution < 1.29 is 18.7 Å². The lowest BCUT2D eigenvalue weighted by Gasteiger charge is -2.17. The number of hydrogen-bond donors (Lipinski definition) is 1. The summed E-state index contributed by atoms with van der Waals surface area (Å²) in [4.78, 5) is 12.4. The third-order valence-electron chi connectivity index (χ3n) is 5.22. The first-order valence-electron chi connectivity index (χ1n) is 9.61. The Morgan fingerprint density at radius 2 is 2.14 bits per heavy atom. The van der Waals surface area contributed by atoms with E-state index in [1.807, 2.05) is 0 Å². The molecule has 1 unspecified atom stereocenters. The first-order chi connectivity index (χ1) is 13.2. The highest BCUT2D eigenvalue weighted by Gasteiger charge is 2.27. The van der Waals surface area contributed by atoms with Gasteiger partial charge < -0.3 is 19.4 Å². The van der Waals surface area contributed by atoms with Crippen molar-refractivity contribution in [3.63, 3.8) is 0 Å². The molecule has 0 saturated carbocycles. The van der Waals surface area contributed by atoms with E-state index in [0.29, 0.717) is 17.5 Å². The monoisotopic (exact) mass is 426 g/mol. The number of ether oxygens (including phenoxy) is 2. The van der Waals surface area contributed by atoms with Crippen molar-refractivity contribution in [1.29, 1.82) is 0 Å². The van der Waals surface area contributed by atoms with Crippen LogP contribution in [0.2, 0.25) is 30.7 Å². The first kappa shape index (κ1) is 21.3. The minimum absolute atomic E-state index is 0.0623. The van der Waals surface area contributed by atoms with Gasteiger partial charge in [0.05, 0.1) is 17.6 Å². The Kier molecular flexibility index (Phi) is 6.49. The first-order valence-corrected chi connectivity index (χ1v) is 13.7. The summed E-state index contributed by atoms with van der Waals surface area (Å²) < 4.78 is 27.3. The number of aromatic nitrogens is 1. The van der Waals surface area contributed by atoms with Gasteiger partial charge in [-0.05, 0) is 42.6 Å². The van der Waals surface area contributed by atoms with Crippen LogP contribution in [0.25, 0.3) is 10.9 Å². The van der Waals surface area contributed by atoms with Crippen LogP contribution in [0.5, 0.6) is 0 Å². The molecule has 3 rings (SSSR count). The van der Waals surface area contributed by atoms with Crippen molar-refractivity contribution in [2.24, 2.45) is 0 Å². The van der Waals surface area contributed by atoms with Crippen LogP contribution in [0.1, 0.15) is 28.4 Å². The zero-order chi connectivity index (χ0) is 20.5. The van der Waals surface area contributed by atoms with Crippen molar-refractivity contribution in [3.05, 3.63) is 34.2 Å². The van der Waals surface area contributed by atoms with E-state index in [4.69, 9.17) is 21.1 Å². The molecule has 0 amide bonds. The molecule has 2 aromatic rings. The number of hydrogen-bond acceptors (Lipinski definition) is 4. The lowest BCUT2D eigenvalue weighted by molar-refractivity contribution is 0.0545. The Labute approximate surface area is 171 Å². The fourth-order valence-electron chi connectivity index (χ4n) is 3.60. The summed E-state index contributed by atoms with van der Waals surface area (Å²) in [6, 6.07) is 4.38. The molecule has 28 heavy (non-hydrogen) atoms. The summed E-state index contributed by atoms with van der Waals surface area (Å²) in [5.74, 6) is -0.818. The average Bonchev–Trinajstić information content (AvgIpc) is 3.28. The normalized spacial score (nSPS) is 17.4. The van der Waals surface area contributed by atoms with Gasteiger partial charge in [-0.3, -0.25) is 0 Å². The molecule has 1 aliphatic heterocycles. The summed E-state index contributed by atoms with van der Waals surface area (Å²) >= 11 is 6.23. The van der Waals surface area contributed by atoms with Gasteiger partial charge in [0.15, 0.2) is 5.82 Å². The lowest BCUT2D eigenvalue weighted by Crippen LogP contribution is -2.22. The molecule has 0 spiro atoms. The van der Waals surface area contributed by atoms with E-state index in [9.17, 15) is 4.79 Å². The predicted octanol–water partition coefficient (Wildman–Crippen LogP) is 4.61. The number of nitrogens with one attached hydrogen (secondary N) is 1. The summed E-state index contributed by atoms with van der Waals surface area (Å²) in [6.07, 6.45) is 0.947. The highest BCUT2D eigenvalue weighted by atomic mass is 35.5. The van der Waals surface area contributed by atoms with Crippen LogP contribution in [0.3, 0.4) is 0 Å². The molecule has 1 saturated heterocycles. The van der Waals surface area contributed by atoms with Gasteiger partial charge >= 0.3 is 5.97 Å². The molecule has 1 aromatic carbocycles. The standard InChI is InChI=1S/C20H28ClFN2O3Si/c1-26-20(25)17-10-15-14(13-5-6-23-11-13)9-16(21)18(22)19(15)24(17)12-27-7-8-28(2,3)4/h9-10,13,23H,5-8,11-12H2,1-4H3. The van der Waals surface area contributed by atoms with Gasteiger partial charge in [-0.25, -0.2) is 9.18 Å². The average molecular weight is 427 g/mol. The molecular formula is C20H28ClFN2O3Si. The number of esters is 1. The van der Waals surface area contributed by atoms with Gasteiger partial charge in [0.25, 0.3) is 0 Å². The van der Waals surface area contributed by atoms with Gasteiger partial charge in [-0.2, -0.15) is 0 Å². The molecule has 0 bridgehead atoms. The Hall–Kier alpha value is -1.41. The number of benzene rings is 1. The summed E-state index contributed by atoms with van der Waals surface area (Å²) in [5, 5.41) is 4.09. The van der Waals surface area contributed by atoms with E-state index < -0.39 is 19.9 Å². The van der Waals surface area contributed by atoms with Gasteiger partial charge in [-0.1, -0.05) is 31.2 Å². The third-order valence-corrected chi connectivity index (χ3v) is 7.20. The number of methoxy groups -OCH3 is 1. The van der Waals surface area contributed by atoms with Crippen LogP contribution < -0.4 is 5.32 Å². The smallest absolute Gasteiger partial charge is 0.354 e. The Balaban J connectivity index is 2.05. The van der Waals surface area contributed by atoms with Crippen molar-refractivity contribution in [3.8, 4) is 0 Å². The van der Waals surface area contributed by atoms with Gasteiger partial charge in [0.2, 0.25) is 0 Å². The van der Waals surface area contributed by atoms with Crippen LogP contribution in [-0.2, 0) is 16.2 Å². The number of nitrogens with zero attached hydrogens (tertiary/aromatic N) is 1. The van der Waals surface area contributed by atoms with Crippen LogP contribution in [0, 0.1) is 5.82 Å². The fourth-order valence-corrected chi connectivity index (χ4v) is 4.56. The van der Waals surface area contributed by atoms with Crippen molar-refractivity contribution in [2.75, 3.05) is 26.8 Å². The molecule has 2 heterocycles. The largest absolute Gasteiger partial charge is 0.464 e. The number of halogens is 2. The number of rotatable bonds is 7. The van der Waals surface area contributed by atoms with E-state index in [0.717, 1.165) is 31.1 Å². The van der Waals surface area contributed by atoms with Crippen LogP contribution in [0.4, 0.5) is 4.39 Å². The van der Waals surface area contributed by atoms with Crippen LogP contribution >= 0.6 is 11.6 Å². The van der Waals surface area contributed by atoms with E-state index in [1.165, 1.54) is 7.11 Å². The number of carbonyl (C=O) groups excluding carboxylic acids is 1. The summed E-state index contributed by atoms with van der Waals surface area (Å²) in [6.45, 7) is 9.16. The molecule has 154 valence electrons. The second kappa shape index (κ2) is 8.53. The maximum atomic E-state index is 15.0. The maximum absolute atomic E-state index is 15.0. The molecule has 1 fully saturated rings. The quantitative estimate of drug-likeness (QED) is 0.399. The summed E-state index contributed by atoms with van der Waals surface area (Å²) in [7, 11) is 0.0711. The molecular weight excluding hydrogens is 399 g/mol. The second-order valence-electron chi connectivity index (χ2n) is 8.51. The van der Waals surface area contributed by atoms with Gasteiger partial charge in [0.1, 0.15) is 12.4 Å². The minimum atomic E-state index is -1.25. The van der Waals surface area contributed by atoms with E-state index in [2.05, 4.69) is 25.0 Å². The van der Waals surface area contributed by atoms with Gasteiger partial charge in [-0.15, -0.1) is 0 Å². The maximum Gasteiger partial charge on any atom is 0.354 e. The number of carbonyl (C=O) groups is 1. The zero-order valence-corrected chi connectivity index (χ0v) is 18.7. The molecule has 1 atom stereocenters. The topological polar surface area (TPSA) is 52.5 Å². The molecule has 0 radical (unpaired) electrons. The molecule has 1 N–H and O–H groups in total. The zero-order valence-electron chi connectivity index (χ0n) is 16.9. The minimum Gasteiger partial charge on any atom is -0.464 e. The van der Waals surface area contributed by atoms with Gasteiger partial charge in [0, 0.05) is 26.6 Å². The fraction of sp³-hybridized carbons (Fsp3) is 0.550. The molecule has 1 aromatic heterocycles. The molecule has 0 aliphatic carbocycles. The van der Waals surface area contributed by atoms with Crippen LogP contribution in [-0.4, -0.2) is 45.4 Å². The Morgan fingerprint density at radius 3 is 2.75 bits per heavy atom. The number of fused-ring (bicyclic) bond motifs is 1. The third kappa shape index (κ3) is 4.43. The van der Waals surface area contributed by atoms with Crippen LogP contribution in [0.15, 0.2) is 12.1 Å². The summed E-state index contributed by atoms with van der Waals surface area (Å²) in [5.41, 5.74) is 1.54. The predicted molar refractivity (Wildman–Crippen MR) is 113 cm³/mol. The molecule has 8 heteroatoms. The van der Waals surface area contributed by atoms with E-state index in [1.54, 1.807) is 16.7 Å². The Bertz CT molecular complexity index is 873. The highest BCUT2D eigenvalue weighted by Crippen LogP contribution is 2.37. The highest BCUT2D eigenvalue weighted by molar-refractivity contribution is 6.76. The van der Waals surface area contributed by atoms with E-state index in [-0.39, 0.29) is 23.4 Å². The van der Waals surface area contributed by atoms with Crippen molar-refractivity contribution in [1.82, 2.24) is 9.88 Å². The van der Waals surface area contributed by atoms with Crippen molar-refractivity contribution >= 4 is 36.5 Å². The SMILES string of the molecule is COC(=O)c1cc2c(C3CCNC3)cc(Cl)c(F)c2n1COCC[Si](C)(C)C. The van der Waals surface area contributed by atoms with E-state index >= 15 is 4.39 Å².